The normalized spacial score (nSPS) is 39.9. The second-order valence-electron chi connectivity index (χ2n) is 6.84. The van der Waals surface area contributed by atoms with E-state index >= 15 is 0 Å². The largest absolute Gasteiger partial charge is 0.314 e. The molecule has 0 amide bonds. The van der Waals surface area contributed by atoms with E-state index in [1.165, 1.54) is 37.3 Å². The molecule has 0 aromatic heterocycles. The summed E-state index contributed by atoms with van der Waals surface area (Å²) in [6.07, 6.45) is 4.18. The van der Waals surface area contributed by atoms with Gasteiger partial charge in [0.1, 0.15) is 0 Å². The molecule has 0 bridgehead atoms. The van der Waals surface area contributed by atoms with Gasteiger partial charge in [0.15, 0.2) is 0 Å². The molecule has 1 N–H and O–H groups in total. The third-order valence-electron chi connectivity index (χ3n) is 5.17. The van der Waals surface area contributed by atoms with Crippen LogP contribution in [0.1, 0.15) is 40.0 Å². The van der Waals surface area contributed by atoms with Gasteiger partial charge in [0, 0.05) is 24.4 Å². The maximum Gasteiger partial charge on any atom is 0.0191 e. The molecule has 0 spiro atoms. The Morgan fingerprint density at radius 2 is 2.05 bits per heavy atom. The quantitative estimate of drug-likeness (QED) is 0.835. The Labute approximate surface area is 124 Å². The van der Waals surface area contributed by atoms with Gasteiger partial charge < -0.3 is 10.2 Å². The van der Waals surface area contributed by atoms with Crippen LogP contribution in [-0.2, 0) is 0 Å². The van der Waals surface area contributed by atoms with Crippen molar-refractivity contribution in [1.29, 1.82) is 0 Å². The molecule has 3 heteroatoms. The Bertz CT molecular complexity index is 265. The van der Waals surface area contributed by atoms with Crippen molar-refractivity contribution in [3.8, 4) is 0 Å². The van der Waals surface area contributed by atoms with Crippen molar-refractivity contribution in [3.63, 3.8) is 0 Å². The van der Waals surface area contributed by atoms with Gasteiger partial charge in [0.2, 0.25) is 0 Å². The minimum Gasteiger partial charge on any atom is -0.314 e. The molecule has 2 fully saturated rings. The highest BCUT2D eigenvalue weighted by Crippen LogP contribution is 2.35. The Morgan fingerprint density at radius 1 is 1.26 bits per heavy atom. The lowest BCUT2D eigenvalue weighted by Gasteiger charge is -2.42. The molecule has 2 nitrogen and oxygen atoms in total. The number of rotatable bonds is 5. The van der Waals surface area contributed by atoms with Gasteiger partial charge in [0.25, 0.3) is 0 Å². The third kappa shape index (κ3) is 4.12. The predicted molar refractivity (Wildman–Crippen MR) is 86.9 cm³/mol. The predicted octanol–water partition coefficient (Wildman–Crippen LogP) is 3.08. The van der Waals surface area contributed by atoms with Gasteiger partial charge in [0.05, 0.1) is 0 Å². The maximum atomic E-state index is 3.76. The van der Waals surface area contributed by atoms with Gasteiger partial charge >= 0.3 is 0 Å². The van der Waals surface area contributed by atoms with Crippen LogP contribution in [0.2, 0.25) is 0 Å². The standard InChI is InChI=1S/C16H32N2S/c1-5-17-16-9-12(2)8-13(3)15(16)10-18(4)14-6-7-19-11-14/h12-17H,5-11H2,1-4H3. The van der Waals surface area contributed by atoms with Gasteiger partial charge in [-0.05, 0) is 56.4 Å². The first kappa shape index (κ1) is 15.7. The Balaban J connectivity index is 1.93. The number of nitrogens with one attached hydrogen (secondary N) is 1. The van der Waals surface area contributed by atoms with Gasteiger partial charge in [-0.1, -0.05) is 20.8 Å². The van der Waals surface area contributed by atoms with Crippen LogP contribution in [0, 0.1) is 17.8 Å². The molecule has 2 rings (SSSR count). The molecule has 19 heavy (non-hydrogen) atoms. The van der Waals surface area contributed by atoms with E-state index in [2.05, 4.69) is 49.8 Å². The summed E-state index contributed by atoms with van der Waals surface area (Å²) in [4.78, 5) is 2.65. The SMILES string of the molecule is CCNC1CC(C)CC(C)C1CN(C)C1CCSC1. The van der Waals surface area contributed by atoms with Crippen molar-refractivity contribution < 1.29 is 0 Å². The zero-order chi connectivity index (χ0) is 13.8. The van der Waals surface area contributed by atoms with E-state index in [9.17, 15) is 0 Å². The zero-order valence-corrected chi connectivity index (χ0v) is 14.0. The fraction of sp³-hybridized carbons (Fsp3) is 1.00. The van der Waals surface area contributed by atoms with Crippen LogP contribution in [0.15, 0.2) is 0 Å². The van der Waals surface area contributed by atoms with Crippen LogP contribution < -0.4 is 5.32 Å². The Hall–Kier alpha value is 0.270. The lowest BCUT2D eigenvalue weighted by molar-refractivity contribution is 0.0991. The van der Waals surface area contributed by atoms with Gasteiger partial charge in [-0.3, -0.25) is 0 Å². The van der Waals surface area contributed by atoms with Gasteiger partial charge in [-0.25, -0.2) is 0 Å². The van der Waals surface area contributed by atoms with E-state index < -0.39 is 0 Å². The van der Waals surface area contributed by atoms with E-state index in [-0.39, 0.29) is 0 Å². The number of hydrogen-bond donors (Lipinski definition) is 1. The van der Waals surface area contributed by atoms with E-state index in [0.717, 1.165) is 36.4 Å². The third-order valence-corrected chi connectivity index (χ3v) is 6.32. The highest BCUT2D eigenvalue weighted by atomic mass is 32.2. The number of thioether (sulfide) groups is 1. The number of nitrogens with zero attached hydrogens (tertiary/aromatic N) is 1. The van der Waals surface area contributed by atoms with E-state index in [4.69, 9.17) is 0 Å². The van der Waals surface area contributed by atoms with Crippen molar-refractivity contribution in [3.05, 3.63) is 0 Å². The van der Waals surface area contributed by atoms with Gasteiger partial charge in [-0.15, -0.1) is 0 Å². The lowest BCUT2D eigenvalue weighted by Crippen LogP contribution is -2.50. The van der Waals surface area contributed by atoms with E-state index in [1.54, 1.807) is 0 Å². The highest BCUT2D eigenvalue weighted by Gasteiger charge is 2.35. The molecule has 1 saturated carbocycles. The van der Waals surface area contributed by atoms with Crippen molar-refractivity contribution in [1.82, 2.24) is 10.2 Å². The molecule has 2 aliphatic rings. The molecule has 0 radical (unpaired) electrons. The number of hydrogen-bond acceptors (Lipinski definition) is 3. The average Bonchev–Trinajstić information content (AvgIpc) is 2.87. The minimum absolute atomic E-state index is 0.736. The fourth-order valence-corrected chi connectivity index (χ4v) is 5.36. The summed E-state index contributed by atoms with van der Waals surface area (Å²) >= 11 is 2.13. The maximum absolute atomic E-state index is 3.76. The first-order valence-corrected chi connectivity index (χ1v) is 9.28. The van der Waals surface area contributed by atoms with Crippen LogP contribution in [-0.4, -0.2) is 48.6 Å². The summed E-state index contributed by atoms with van der Waals surface area (Å²) in [6.45, 7) is 9.55. The van der Waals surface area contributed by atoms with Crippen molar-refractivity contribution in [2.45, 2.75) is 52.1 Å². The molecule has 1 aliphatic carbocycles. The lowest BCUT2D eigenvalue weighted by atomic mass is 9.72. The van der Waals surface area contributed by atoms with Crippen molar-refractivity contribution in [2.75, 3.05) is 31.6 Å². The summed E-state index contributed by atoms with van der Waals surface area (Å²) in [7, 11) is 2.35. The van der Waals surface area contributed by atoms with E-state index in [1.807, 2.05) is 0 Å². The second-order valence-corrected chi connectivity index (χ2v) is 7.99. The summed E-state index contributed by atoms with van der Waals surface area (Å²) in [5, 5.41) is 3.76. The van der Waals surface area contributed by atoms with Crippen molar-refractivity contribution >= 4 is 11.8 Å². The van der Waals surface area contributed by atoms with Crippen LogP contribution >= 0.6 is 11.8 Å². The first-order chi connectivity index (χ1) is 9.11. The van der Waals surface area contributed by atoms with Gasteiger partial charge in [-0.2, -0.15) is 11.8 Å². The molecule has 1 saturated heterocycles. The monoisotopic (exact) mass is 284 g/mol. The van der Waals surface area contributed by atoms with Crippen molar-refractivity contribution in [2.24, 2.45) is 17.8 Å². The Kier molecular flexibility index (Phi) is 6.04. The summed E-state index contributed by atoms with van der Waals surface area (Å²) in [6, 6.07) is 1.57. The second kappa shape index (κ2) is 7.33. The summed E-state index contributed by atoms with van der Waals surface area (Å²) in [5.41, 5.74) is 0. The Morgan fingerprint density at radius 3 is 2.68 bits per heavy atom. The van der Waals surface area contributed by atoms with Crippen LogP contribution in [0.4, 0.5) is 0 Å². The van der Waals surface area contributed by atoms with Crippen LogP contribution in [0.3, 0.4) is 0 Å². The molecule has 1 aliphatic heterocycles. The molecule has 1 heterocycles. The van der Waals surface area contributed by atoms with Crippen LogP contribution in [0.25, 0.3) is 0 Å². The zero-order valence-electron chi connectivity index (χ0n) is 13.2. The highest BCUT2D eigenvalue weighted by molar-refractivity contribution is 7.99. The molecule has 5 unspecified atom stereocenters. The first-order valence-electron chi connectivity index (χ1n) is 8.13. The van der Waals surface area contributed by atoms with Crippen LogP contribution in [0.5, 0.6) is 0 Å². The summed E-state index contributed by atoms with van der Waals surface area (Å²) in [5.74, 6) is 5.31. The molecular weight excluding hydrogens is 252 g/mol. The fourth-order valence-electron chi connectivity index (χ4n) is 4.07. The molecule has 112 valence electrons. The molecule has 5 atom stereocenters. The molecule has 0 aromatic rings. The average molecular weight is 285 g/mol. The smallest absolute Gasteiger partial charge is 0.0191 e. The minimum atomic E-state index is 0.736. The topological polar surface area (TPSA) is 15.3 Å². The van der Waals surface area contributed by atoms with E-state index in [0.29, 0.717) is 0 Å². The molecule has 0 aromatic carbocycles. The molecular formula is C16H32N2S. The summed E-state index contributed by atoms with van der Waals surface area (Å²) < 4.78 is 0.